The van der Waals surface area contributed by atoms with Gasteiger partial charge in [-0.2, -0.15) is 0 Å². The molecule has 0 saturated carbocycles. The van der Waals surface area contributed by atoms with Gasteiger partial charge in [0.25, 0.3) is 0 Å². The number of benzene rings is 1. The lowest BCUT2D eigenvalue weighted by atomic mass is 10.3. The van der Waals surface area contributed by atoms with Crippen molar-refractivity contribution in [3.63, 3.8) is 0 Å². The van der Waals surface area contributed by atoms with Crippen molar-refractivity contribution < 1.29 is 9.53 Å². The fraction of sp³-hybridized carbons (Fsp3) is 0.364. The predicted molar refractivity (Wildman–Crippen MR) is 66.4 cm³/mol. The number of carbonyl (C=O) groups is 1. The normalized spacial score (nSPS) is 10.0. The fourth-order valence-corrected chi connectivity index (χ4v) is 1.50. The summed E-state index contributed by atoms with van der Waals surface area (Å²) in [6.45, 7) is 0.574. The first-order valence-electron chi connectivity index (χ1n) is 4.77. The maximum atomic E-state index is 11.0. The van der Waals surface area contributed by atoms with Crippen LogP contribution in [0.15, 0.2) is 18.2 Å². The van der Waals surface area contributed by atoms with Crippen molar-refractivity contribution in [2.24, 2.45) is 0 Å². The summed E-state index contributed by atoms with van der Waals surface area (Å²) in [4.78, 5) is 12.9. The highest BCUT2D eigenvalue weighted by Crippen LogP contribution is 2.26. The van der Waals surface area contributed by atoms with Crippen LogP contribution in [0.3, 0.4) is 0 Å². The highest BCUT2D eigenvalue weighted by molar-refractivity contribution is 6.42. The summed E-state index contributed by atoms with van der Waals surface area (Å²) in [5.74, 6) is -0.230. The zero-order chi connectivity index (χ0) is 12.1. The Morgan fingerprint density at radius 1 is 1.38 bits per heavy atom. The third-order valence-electron chi connectivity index (χ3n) is 2.22. The standard InChI is InChI=1S/C11H13Cl2NO2/c1-14(6-5-11(15)16-2)8-3-4-9(12)10(13)7-8/h3-4,7H,5-6H2,1-2H3. The molecule has 0 aliphatic rings. The molecule has 1 aromatic rings. The number of methoxy groups -OCH3 is 1. The van der Waals surface area contributed by atoms with Gasteiger partial charge in [0.05, 0.1) is 23.6 Å². The molecule has 1 aromatic carbocycles. The Labute approximate surface area is 105 Å². The van der Waals surface area contributed by atoms with Gasteiger partial charge in [0.15, 0.2) is 0 Å². The third kappa shape index (κ3) is 3.58. The van der Waals surface area contributed by atoms with E-state index in [1.807, 2.05) is 18.0 Å². The fourth-order valence-electron chi connectivity index (χ4n) is 1.21. The zero-order valence-electron chi connectivity index (χ0n) is 9.17. The lowest BCUT2D eigenvalue weighted by Crippen LogP contribution is -2.21. The van der Waals surface area contributed by atoms with Gasteiger partial charge >= 0.3 is 5.97 Å². The lowest BCUT2D eigenvalue weighted by Gasteiger charge is -2.18. The van der Waals surface area contributed by atoms with Crippen LogP contribution >= 0.6 is 23.2 Å². The summed E-state index contributed by atoms with van der Waals surface area (Å²) >= 11 is 11.7. The number of anilines is 1. The minimum Gasteiger partial charge on any atom is -0.469 e. The molecule has 3 nitrogen and oxygen atoms in total. The highest BCUT2D eigenvalue weighted by atomic mass is 35.5. The Kier molecular flexibility index (Phi) is 4.90. The molecule has 0 spiro atoms. The average molecular weight is 262 g/mol. The molecule has 0 N–H and O–H groups in total. The summed E-state index contributed by atoms with van der Waals surface area (Å²) in [5.41, 5.74) is 0.915. The molecule has 0 aliphatic carbocycles. The third-order valence-corrected chi connectivity index (χ3v) is 2.96. The second-order valence-corrected chi connectivity index (χ2v) is 4.16. The van der Waals surface area contributed by atoms with E-state index in [2.05, 4.69) is 4.74 Å². The van der Waals surface area contributed by atoms with E-state index in [1.54, 1.807) is 12.1 Å². The van der Waals surface area contributed by atoms with Crippen LogP contribution in [0.25, 0.3) is 0 Å². The molecule has 0 fully saturated rings. The monoisotopic (exact) mass is 261 g/mol. The Balaban J connectivity index is 2.62. The molecule has 0 aliphatic heterocycles. The number of hydrogen-bond donors (Lipinski definition) is 0. The van der Waals surface area contributed by atoms with Gasteiger partial charge in [-0.3, -0.25) is 4.79 Å². The Morgan fingerprint density at radius 2 is 2.06 bits per heavy atom. The summed E-state index contributed by atoms with van der Waals surface area (Å²) < 4.78 is 4.57. The maximum absolute atomic E-state index is 11.0. The number of halogens is 2. The number of rotatable bonds is 4. The van der Waals surface area contributed by atoms with Gasteiger partial charge in [0, 0.05) is 19.3 Å². The molecule has 0 amide bonds. The van der Waals surface area contributed by atoms with Gasteiger partial charge in [0.2, 0.25) is 0 Å². The Bertz CT molecular complexity index is 382. The van der Waals surface area contributed by atoms with Crippen LogP contribution in [0.1, 0.15) is 6.42 Å². The van der Waals surface area contributed by atoms with E-state index in [0.29, 0.717) is 23.0 Å². The predicted octanol–water partition coefficient (Wildman–Crippen LogP) is 2.99. The van der Waals surface area contributed by atoms with E-state index >= 15 is 0 Å². The van der Waals surface area contributed by atoms with E-state index < -0.39 is 0 Å². The molecule has 0 radical (unpaired) electrons. The second kappa shape index (κ2) is 5.97. The maximum Gasteiger partial charge on any atom is 0.307 e. The molecule has 0 unspecified atom stereocenters. The van der Waals surface area contributed by atoms with Gasteiger partial charge in [0.1, 0.15) is 0 Å². The number of ether oxygens (including phenoxy) is 1. The molecule has 0 bridgehead atoms. The second-order valence-electron chi connectivity index (χ2n) is 3.35. The van der Waals surface area contributed by atoms with E-state index in [1.165, 1.54) is 7.11 Å². The Morgan fingerprint density at radius 3 is 2.62 bits per heavy atom. The topological polar surface area (TPSA) is 29.5 Å². The molecule has 16 heavy (non-hydrogen) atoms. The van der Waals surface area contributed by atoms with Crippen molar-refractivity contribution in [1.82, 2.24) is 0 Å². The number of carbonyl (C=O) groups excluding carboxylic acids is 1. The zero-order valence-corrected chi connectivity index (χ0v) is 10.7. The molecule has 0 aromatic heterocycles. The summed E-state index contributed by atoms with van der Waals surface area (Å²) in [5, 5.41) is 1.02. The quantitative estimate of drug-likeness (QED) is 0.781. The summed E-state index contributed by atoms with van der Waals surface area (Å²) in [6, 6.07) is 5.35. The molecule has 0 saturated heterocycles. The molecule has 88 valence electrons. The van der Waals surface area contributed by atoms with Gasteiger partial charge in [-0.1, -0.05) is 23.2 Å². The van der Waals surface area contributed by atoms with Gasteiger partial charge < -0.3 is 9.64 Å². The van der Waals surface area contributed by atoms with Crippen LogP contribution < -0.4 is 4.90 Å². The van der Waals surface area contributed by atoms with Crippen LogP contribution in [-0.4, -0.2) is 26.7 Å². The molecule has 1 rings (SSSR count). The van der Waals surface area contributed by atoms with E-state index in [0.717, 1.165) is 5.69 Å². The van der Waals surface area contributed by atoms with Gasteiger partial charge in [-0.05, 0) is 18.2 Å². The first-order chi connectivity index (χ1) is 7.54. The van der Waals surface area contributed by atoms with Crippen LogP contribution in [0.4, 0.5) is 5.69 Å². The van der Waals surface area contributed by atoms with Crippen molar-refractivity contribution >= 4 is 34.9 Å². The number of hydrogen-bond acceptors (Lipinski definition) is 3. The molecule has 0 atom stereocenters. The number of nitrogens with zero attached hydrogens (tertiary/aromatic N) is 1. The first-order valence-corrected chi connectivity index (χ1v) is 5.53. The van der Waals surface area contributed by atoms with Crippen LogP contribution in [-0.2, 0) is 9.53 Å². The molecule has 0 heterocycles. The van der Waals surface area contributed by atoms with E-state index in [9.17, 15) is 4.79 Å². The van der Waals surface area contributed by atoms with E-state index in [4.69, 9.17) is 23.2 Å². The van der Waals surface area contributed by atoms with Crippen LogP contribution in [0.2, 0.25) is 10.0 Å². The largest absolute Gasteiger partial charge is 0.469 e. The smallest absolute Gasteiger partial charge is 0.307 e. The van der Waals surface area contributed by atoms with Crippen molar-refractivity contribution in [2.75, 3.05) is 25.6 Å². The van der Waals surface area contributed by atoms with Crippen molar-refractivity contribution in [3.05, 3.63) is 28.2 Å². The molecular weight excluding hydrogens is 249 g/mol. The average Bonchev–Trinajstić information content (AvgIpc) is 2.29. The van der Waals surface area contributed by atoms with E-state index in [-0.39, 0.29) is 5.97 Å². The summed E-state index contributed by atoms with van der Waals surface area (Å²) in [6.07, 6.45) is 0.341. The van der Waals surface area contributed by atoms with Crippen molar-refractivity contribution in [3.8, 4) is 0 Å². The van der Waals surface area contributed by atoms with Gasteiger partial charge in [-0.15, -0.1) is 0 Å². The Hall–Kier alpha value is -0.930. The van der Waals surface area contributed by atoms with Crippen molar-refractivity contribution in [1.29, 1.82) is 0 Å². The summed E-state index contributed by atoms with van der Waals surface area (Å²) in [7, 11) is 3.25. The molecular formula is C11H13Cl2NO2. The minimum atomic E-state index is -0.230. The molecule has 5 heteroatoms. The van der Waals surface area contributed by atoms with Gasteiger partial charge in [-0.25, -0.2) is 0 Å². The van der Waals surface area contributed by atoms with Crippen molar-refractivity contribution in [2.45, 2.75) is 6.42 Å². The number of esters is 1. The SMILES string of the molecule is COC(=O)CCN(C)c1ccc(Cl)c(Cl)c1. The lowest BCUT2D eigenvalue weighted by molar-refractivity contribution is -0.140. The highest BCUT2D eigenvalue weighted by Gasteiger charge is 2.06. The first kappa shape index (κ1) is 13.1. The van der Waals surface area contributed by atoms with Crippen LogP contribution in [0, 0.1) is 0 Å². The van der Waals surface area contributed by atoms with Crippen LogP contribution in [0.5, 0.6) is 0 Å². The minimum absolute atomic E-state index is 0.230.